The number of nitrogens with zero attached hydrogens (tertiary/aromatic N) is 1. The van der Waals surface area contributed by atoms with Crippen molar-refractivity contribution in [2.75, 3.05) is 0 Å². The van der Waals surface area contributed by atoms with Crippen molar-refractivity contribution in [2.45, 2.75) is 6.92 Å². The lowest BCUT2D eigenvalue weighted by Crippen LogP contribution is -1.90. The Morgan fingerprint density at radius 2 is 2.13 bits per heavy atom. The summed E-state index contributed by atoms with van der Waals surface area (Å²) in [6.45, 7) is 1.71. The first-order valence-electron chi connectivity index (χ1n) is 4.16. The van der Waals surface area contributed by atoms with Gasteiger partial charge >= 0.3 is 5.97 Å². The van der Waals surface area contributed by atoms with Crippen LogP contribution in [0.25, 0.3) is 6.08 Å². The molecule has 0 spiro atoms. The quantitative estimate of drug-likeness (QED) is 0.467. The zero-order valence-electron chi connectivity index (χ0n) is 8.01. The first-order valence-corrected chi connectivity index (χ1v) is 4.16. The predicted molar refractivity (Wildman–Crippen MR) is 54.5 cm³/mol. The third-order valence-electron chi connectivity index (χ3n) is 1.71. The van der Waals surface area contributed by atoms with E-state index in [4.69, 9.17) is 5.11 Å². The highest BCUT2D eigenvalue weighted by atomic mass is 16.6. The van der Waals surface area contributed by atoms with Crippen LogP contribution < -0.4 is 0 Å². The molecule has 0 atom stereocenters. The number of carboxylic acids is 1. The van der Waals surface area contributed by atoms with Crippen LogP contribution in [-0.4, -0.2) is 16.0 Å². The summed E-state index contributed by atoms with van der Waals surface area (Å²) in [6, 6.07) is 4.43. The summed E-state index contributed by atoms with van der Waals surface area (Å²) < 4.78 is 0. The largest absolute Gasteiger partial charge is 0.478 e. The number of nitro groups is 1. The molecule has 0 aliphatic heterocycles. The van der Waals surface area contributed by atoms with Crippen LogP contribution in [0, 0.1) is 17.0 Å². The van der Waals surface area contributed by atoms with Crippen LogP contribution in [0.1, 0.15) is 11.1 Å². The number of carboxylic acid groups (broad SMARTS) is 1. The number of rotatable bonds is 3. The van der Waals surface area contributed by atoms with E-state index >= 15 is 0 Å². The van der Waals surface area contributed by atoms with Gasteiger partial charge in [-0.25, -0.2) is 4.79 Å². The molecule has 0 radical (unpaired) electrons. The van der Waals surface area contributed by atoms with Crippen molar-refractivity contribution < 1.29 is 14.8 Å². The molecule has 5 heteroatoms. The standard InChI is InChI=1S/C10H9NO4/c1-7-4-8(2-3-10(12)13)6-9(5-7)11(14)15/h2-6H,1H3,(H,12,13). The van der Waals surface area contributed by atoms with Gasteiger partial charge in [0.25, 0.3) is 5.69 Å². The van der Waals surface area contributed by atoms with E-state index in [0.717, 1.165) is 6.08 Å². The first kappa shape index (κ1) is 10.9. The molecule has 5 nitrogen and oxygen atoms in total. The summed E-state index contributed by atoms with van der Waals surface area (Å²) in [5, 5.41) is 18.9. The second-order valence-electron chi connectivity index (χ2n) is 3.03. The summed E-state index contributed by atoms with van der Waals surface area (Å²) in [7, 11) is 0. The topological polar surface area (TPSA) is 80.4 Å². The lowest BCUT2D eigenvalue weighted by molar-refractivity contribution is -0.384. The molecule has 1 aromatic rings. The Labute approximate surface area is 85.8 Å². The Bertz CT molecular complexity index is 437. The highest BCUT2D eigenvalue weighted by molar-refractivity contribution is 5.85. The zero-order chi connectivity index (χ0) is 11.4. The van der Waals surface area contributed by atoms with Gasteiger partial charge in [0, 0.05) is 18.2 Å². The molecule has 0 aliphatic carbocycles. The smallest absolute Gasteiger partial charge is 0.328 e. The molecular weight excluding hydrogens is 198 g/mol. The maximum atomic E-state index is 10.5. The molecule has 78 valence electrons. The van der Waals surface area contributed by atoms with E-state index < -0.39 is 10.9 Å². The molecule has 0 fully saturated rings. The molecule has 0 amide bonds. The minimum atomic E-state index is -1.08. The van der Waals surface area contributed by atoms with E-state index in [-0.39, 0.29) is 5.69 Å². The SMILES string of the molecule is Cc1cc(C=CC(=O)O)cc([N+](=O)[O-])c1. The van der Waals surface area contributed by atoms with Gasteiger partial charge in [-0.3, -0.25) is 10.1 Å². The van der Waals surface area contributed by atoms with E-state index in [2.05, 4.69) is 0 Å². The number of hydrogen-bond acceptors (Lipinski definition) is 3. The van der Waals surface area contributed by atoms with E-state index in [9.17, 15) is 14.9 Å². The lowest BCUT2D eigenvalue weighted by atomic mass is 10.1. The average Bonchev–Trinajstić information content (AvgIpc) is 2.13. The molecule has 0 aliphatic rings. The van der Waals surface area contributed by atoms with Crippen LogP contribution >= 0.6 is 0 Å². The molecule has 0 bridgehead atoms. The van der Waals surface area contributed by atoms with E-state index in [0.29, 0.717) is 11.1 Å². The van der Waals surface area contributed by atoms with Gasteiger partial charge in [0.05, 0.1) is 4.92 Å². The maximum Gasteiger partial charge on any atom is 0.328 e. The Hall–Kier alpha value is -2.17. The Balaban J connectivity index is 3.09. The Morgan fingerprint density at radius 3 is 2.67 bits per heavy atom. The second kappa shape index (κ2) is 4.36. The number of aryl methyl sites for hydroxylation is 1. The van der Waals surface area contributed by atoms with Crippen molar-refractivity contribution in [1.29, 1.82) is 0 Å². The number of benzene rings is 1. The Kier molecular flexibility index (Phi) is 3.17. The number of hydrogen-bond donors (Lipinski definition) is 1. The highest BCUT2D eigenvalue weighted by Crippen LogP contribution is 2.17. The van der Waals surface area contributed by atoms with Crippen LogP contribution in [0.3, 0.4) is 0 Å². The van der Waals surface area contributed by atoms with Crippen molar-refractivity contribution >= 4 is 17.7 Å². The molecule has 0 unspecified atom stereocenters. The third-order valence-corrected chi connectivity index (χ3v) is 1.71. The summed E-state index contributed by atoms with van der Waals surface area (Å²) >= 11 is 0. The first-order chi connectivity index (χ1) is 6.99. The van der Waals surface area contributed by atoms with E-state index in [1.807, 2.05) is 0 Å². The number of carbonyl (C=O) groups is 1. The maximum absolute atomic E-state index is 10.5. The fourth-order valence-electron chi connectivity index (χ4n) is 1.16. The van der Waals surface area contributed by atoms with Gasteiger partial charge in [-0.2, -0.15) is 0 Å². The van der Waals surface area contributed by atoms with Gasteiger partial charge in [0.1, 0.15) is 0 Å². The van der Waals surface area contributed by atoms with Crippen molar-refractivity contribution in [3.8, 4) is 0 Å². The van der Waals surface area contributed by atoms with Crippen LogP contribution in [-0.2, 0) is 4.79 Å². The van der Waals surface area contributed by atoms with Crippen molar-refractivity contribution in [1.82, 2.24) is 0 Å². The minimum absolute atomic E-state index is 0.0416. The summed E-state index contributed by atoms with van der Waals surface area (Å²) in [5.41, 5.74) is 1.18. The van der Waals surface area contributed by atoms with Gasteiger partial charge in [-0.15, -0.1) is 0 Å². The van der Waals surface area contributed by atoms with Crippen LogP contribution in [0.15, 0.2) is 24.3 Å². The number of aliphatic carboxylic acids is 1. The summed E-state index contributed by atoms with van der Waals surface area (Å²) in [4.78, 5) is 20.3. The third kappa shape index (κ3) is 3.22. The lowest BCUT2D eigenvalue weighted by Gasteiger charge is -1.97. The number of non-ortho nitro benzene ring substituents is 1. The van der Waals surface area contributed by atoms with Crippen LogP contribution in [0.5, 0.6) is 0 Å². The molecule has 1 N–H and O–H groups in total. The average molecular weight is 207 g/mol. The Morgan fingerprint density at radius 1 is 1.47 bits per heavy atom. The minimum Gasteiger partial charge on any atom is -0.478 e. The predicted octanol–water partition coefficient (Wildman–Crippen LogP) is 2.00. The van der Waals surface area contributed by atoms with Gasteiger partial charge in [-0.1, -0.05) is 6.07 Å². The van der Waals surface area contributed by atoms with Crippen molar-refractivity contribution in [3.63, 3.8) is 0 Å². The molecule has 0 saturated heterocycles. The summed E-state index contributed by atoms with van der Waals surface area (Å²) in [6.07, 6.45) is 2.26. The van der Waals surface area contributed by atoms with Crippen LogP contribution in [0.2, 0.25) is 0 Å². The van der Waals surface area contributed by atoms with Gasteiger partial charge < -0.3 is 5.11 Å². The normalized spacial score (nSPS) is 10.5. The second-order valence-corrected chi connectivity index (χ2v) is 3.03. The molecule has 1 aromatic carbocycles. The number of nitro benzene ring substituents is 1. The van der Waals surface area contributed by atoms with Gasteiger partial charge in [0.15, 0.2) is 0 Å². The van der Waals surface area contributed by atoms with Gasteiger partial charge in [0.2, 0.25) is 0 Å². The molecule has 0 heterocycles. The fraction of sp³-hybridized carbons (Fsp3) is 0.100. The zero-order valence-corrected chi connectivity index (χ0v) is 8.01. The molecule has 0 saturated carbocycles. The molecule has 15 heavy (non-hydrogen) atoms. The molecular formula is C10H9NO4. The fourth-order valence-corrected chi connectivity index (χ4v) is 1.16. The van der Waals surface area contributed by atoms with Crippen LogP contribution in [0.4, 0.5) is 5.69 Å². The summed E-state index contributed by atoms with van der Waals surface area (Å²) in [5.74, 6) is -1.08. The van der Waals surface area contributed by atoms with E-state index in [1.54, 1.807) is 13.0 Å². The molecule has 0 aromatic heterocycles. The van der Waals surface area contributed by atoms with Crippen molar-refractivity contribution in [2.24, 2.45) is 0 Å². The highest BCUT2D eigenvalue weighted by Gasteiger charge is 2.06. The van der Waals surface area contributed by atoms with Gasteiger partial charge in [-0.05, 0) is 24.1 Å². The monoisotopic (exact) mass is 207 g/mol. The molecule has 1 rings (SSSR count). The van der Waals surface area contributed by atoms with E-state index in [1.165, 1.54) is 18.2 Å². The van der Waals surface area contributed by atoms with Crippen molar-refractivity contribution in [3.05, 3.63) is 45.5 Å².